The third kappa shape index (κ3) is 6.44. The fraction of sp³-hybridized carbons (Fsp3) is 0.281. The van der Waals surface area contributed by atoms with Crippen LogP contribution in [0.2, 0.25) is 0 Å². The summed E-state index contributed by atoms with van der Waals surface area (Å²) in [6.45, 7) is 3.57. The molecule has 2 heterocycles. The van der Waals surface area contributed by atoms with E-state index >= 15 is 0 Å². The lowest BCUT2D eigenvalue weighted by molar-refractivity contribution is 0.0984. The van der Waals surface area contributed by atoms with E-state index in [4.69, 9.17) is 0 Å². The van der Waals surface area contributed by atoms with Crippen molar-refractivity contribution in [3.63, 3.8) is 0 Å². The van der Waals surface area contributed by atoms with Crippen LogP contribution in [0, 0.1) is 6.92 Å². The number of aliphatic hydroxyl groups is 1. The molecule has 0 atom stereocenters. The highest BCUT2D eigenvalue weighted by Gasteiger charge is 2.18. The summed E-state index contributed by atoms with van der Waals surface area (Å²) in [5, 5.41) is 17.2. The monoisotopic (exact) mass is 522 g/mol. The van der Waals surface area contributed by atoms with E-state index in [1.807, 2.05) is 86.8 Å². The van der Waals surface area contributed by atoms with E-state index in [9.17, 15) is 14.7 Å². The van der Waals surface area contributed by atoms with Gasteiger partial charge in [-0.1, -0.05) is 24.3 Å². The molecule has 1 fully saturated rings. The van der Waals surface area contributed by atoms with Crippen LogP contribution in [-0.2, 0) is 19.9 Å². The van der Waals surface area contributed by atoms with Crippen LogP contribution in [0.4, 0.5) is 17.1 Å². The first-order valence-corrected chi connectivity index (χ1v) is 13.4. The topological polar surface area (TPSA) is 87.5 Å². The second-order valence-electron chi connectivity index (χ2n) is 10.3. The number of Topliss-reactive ketones (excluding diaryl/α,β-unsaturated/α-hetero) is 2. The third-order valence-electron chi connectivity index (χ3n) is 7.48. The molecule has 1 aromatic heterocycles. The van der Waals surface area contributed by atoms with E-state index in [1.165, 1.54) is 0 Å². The SMILES string of the molecule is Cc1c(C(=O)Cc2ccc(Nc3ccc(CC(=O)c4ccc(N5CCC(O)CC5)cc4)cc3)cc2)cnn1C. The highest BCUT2D eigenvalue weighted by molar-refractivity contribution is 5.98. The number of nitrogens with zero attached hydrogens (tertiary/aromatic N) is 3. The summed E-state index contributed by atoms with van der Waals surface area (Å²) < 4.78 is 1.71. The molecule has 7 nitrogen and oxygen atoms in total. The van der Waals surface area contributed by atoms with Crippen LogP contribution in [0.15, 0.2) is 79.0 Å². The van der Waals surface area contributed by atoms with Crippen molar-refractivity contribution in [2.75, 3.05) is 23.3 Å². The van der Waals surface area contributed by atoms with Gasteiger partial charge in [-0.25, -0.2) is 0 Å². The number of piperidine rings is 1. The molecule has 0 aliphatic carbocycles. The number of aromatic nitrogens is 2. The summed E-state index contributed by atoms with van der Waals surface area (Å²) in [5.41, 5.74) is 7.09. The second kappa shape index (κ2) is 11.7. The highest BCUT2D eigenvalue weighted by Crippen LogP contribution is 2.22. The van der Waals surface area contributed by atoms with Gasteiger partial charge in [-0.2, -0.15) is 5.10 Å². The normalized spacial score (nSPS) is 13.9. The van der Waals surface area contributed by atoms with Crippen LogP contribution in [0.1, 0.15) is 50.4 Å². The first-order valence-electron chi connectivity index (χ1n) is 13.4. The predicted octanol–water partition coefficient (Wildman–Crippen LogP) is 5.28. The summed E-state index contributed by atoms with van der Waals surface area (Å²) in [6, 6.07) is 23.5. The van der Waals surface area contributed by atoms with Crippen molar-refractivity contribution in [2.24, 2.45) is 7.05 Å². The number of hydrogen-bond acceptors (Lipinski definition) is 6. The summed E-state index contributed by atoms with van der Waals surface area (Å²) in [7, 11) is 1.83. The molecule has 4 aromatic rings. The number of aryl methyl sites for hydroxylation is 1. The van der Waals surface area contributed by atoms with E-state index in [0.717, 1.165) is 59.8 Å². The number of carbonyl (C=O) groups excluding carboxylic acids is 2. The molecule has 0 radical (unpaired) electrons. The zero-order valence-electron chi connectivity index (χ0n) is 22.4. The molecule has 0 amide bonds. The van der Waals surface area contributed by atoms with Gasteiger partial charge in [-0.15, -0.1) is 0 Å². The third-order valence-corrected chi connectivity index (χ3v) is 7.48. The fourth-order valence-corrected chi connectivity index (χ4v) is 4.90. The van der Waals surface area contributed by atoms with Gasteiger partial charge >= 0.3 is 0 Å². The van der Waals surface area contributed by atoms with Crippen LogP contribution in [0.3, 0.4) is 0 Å². The van der Waals surface area contributed by atoms with Crippen molar-refractivity contribution in [3.05, 3.63) is 107 Å². The van der Waals surface area contributed by atoms with Gasteiger partial charge in [-0.3, -0.25) is 14.3 Å². The molecule has 1 aliphatic heterocycles. The number of aliphatic hydroxyl groups excluding tert-OH is 1. The smallest absolute Gasteiger partial charge is 0.170 e. The molecule has 3 aromatic carbocycles. The predicted molar refractivity (Wildman–Crippen MR) is 154 cm³/mol. The van der Waals surface area contributed by atoms with Crippen LogP contribution in [0.25, 0.3) is 0 Å². The maximum atomic E-state index is 12.8. The van der Waals surface area contributed by atoms with Gasteiger partial charge in [0.2, 0.25) is 0 Å². The van der Waals surface area contributed by atoms with Gasteiger partial charge in [0.1, 0.15) is 0 Å². The largest absolute Gasteiger partial charge is 0.393 e. The molecule has 200 valence electrons. The molecule has 39 heavy (non-hydrogen) atoms. The second-order valence-corrected chi connectivity index (χ2v) is 10.3. The number of anilines is 3. The molecule has 1 saturated heterocycles. The van der Waals surface area contributed by atoms with Crippen molar-refractivity contribution in [1.29, 1.82) is 0 Å². The molecular formula is C32H34N4O3. The van der Waals surface area contributed by atoms with Crippen LogP contribution < -0.4 is 10.2 Å². The Bertz CT molecular complexity index is 1430. The zero-order chi connectivity index (χ0) is 27.4. The van der Waals surface area contributed by atoms with Crippen LogP contribution >= 0.6 is 0 Å². The maximum Gasteiger partial charge on any atom is 0.170 e. The van der Waals surface area contributed by atoms with Crippen LogP contribution in [-0.4, -0.2) is 45.6 Å². The molecule has 2 N–H and O–H groups in total. The molecular weight excluding hydrogens is 488 g/mol. The van der Waals surface area contributed by atoms with Gasteiger partial charge in [0.15, 0.2) is 11.6 Å². The van der Waals surface area contributed by atoms with E-state index in [1.54, 1.807) is 10.9 Å². The van der Waals surface area contributed by atoms with Gasteiger partial charge in [0.25, 0.3) is 0 Å². The number of carbonyl (C=O) groups is 2. The summed E-state index contributed by atoms with van der Waals surface area (Å²) in [5.74, 6) is 0.146. The molecule has 0 spiro atoms. The standard InChI is InChI=1S/C32H34N4O3/c1-22-30(21-33-35(22)2)32(39)20-24-5-11-27(12-6-24)34-26-9-3-23(4-10-26)19-31(38)25-7-13-28(14-8-25)36-17-15-29(37)16-18-36/h3-14,21,29,34,37H,15-20H2,1-2H3. The first-order chi connectivity index (χ1) is 18.9. The number of hydrogen-bond donors (Lipinski definition) is 2. The Kier molecular flexibility index (Phi) is 7.89. The van der Waals surface area contributed by atoms with E-state index in [0.29, 0.717) is 24.0 Å². The van der Waals surface area contributed by atoms with Gasteiger partial charge < -0.3 is 15.3 Å². The lowest BCUT2D eigenvalue weighted by Gasteiger charge is -2.31. The van der Waals surface area contributed by atoms with Gasteiger partial charge in [0.05, 0.1) is 17.9 Å². The van der Waals surface area contributed by atoms with Crippen LogP contribution in [0.5, 0.6) is 0 Å². The zero-order valence-corrected chi connectivity index (χ0v) is 22.4. The Morgan fingerprint density at radius 3 is 1.90 bits per heavy atom. The minimum atomic E-state index is -0.200. The Morgan fingerprint density at radius 2 is 1.38 bits per heavy atom. The first kappa shape index (κ1) is 26.4. The van der Waals surface area contributed by atoms with Crippen molar-refractivity contribution in [2.45, 2.75) is 38.7 Å². The van der Waals surface area contributed by atoms with E-state index in [2.05, 4.69) is 15.3 Å². The van der Waals surface area contributed by atoms with Crippen molar-refractivity contribution in [3.8, 4) is 0 Å². The Morgan fingerprint density at radius 1 is 0.846 bits per heavy atom. The van der Waals surface area contributed by atoms with Crippen molar-refractivity contribution >= 4 is 28.6 Å². The average molecular weight is 523 g/mol. The molecule has 1 aliphatic rings. The van der Waals surface area contributed by atoms with Crippen molar-refractivity contribution in [1.82, 2.24) is 9.78 Å². The molecule has 0 unspecified atom stereocenters. The minimum absolute atomic E-state index is 0.0603. The lowest BCUT2D eigenvalue weighted by Crippen LogP contribution is -2.35. The summed E-state index contributed by atoms with van der Waals surface area (Å²) in [4.78, 5) is 27.7. The highest BCUT2D eigenvalue weighted by atomic mass is 16.3. The molecule has 7 heteroatoms. The Labute approximate surface area is 229 Å². The Hall–Kier alpha value is -4.23. The fourth-order valence-electron chi connectivity index (χ4n) is 4.90. The molecule has 0 bridgehead atoms. The van der Waals surface area contributed by atoms with Gasteiger partial charge in [0, 0.05) is 61.3 Å². The number of rotatable bonds is 9. The average Bonchev–Trinajstić information content (AvgIpc) is 3.29. The maximum absolute atomic E-state index is 12.8. The summed E-state index contributed by atoms with van der Waals surface area (Å²) >= 11 is 0. The summed E-state index contributed by atoms with van der Waals surface area (Å²) in [6.07, 6.45) is 3.67. The number of benzene rings is 3. The number of ketones is 2. The Balaban J connectivity index is 1.13. The molecule has 5 rings (SSSR count). The van der Waals surface area contributed by atoms with E-state index in [-0.39, 0.29) is 17.7 Å². The lowest BCUT2D eigenvalue weighted by atomic mass is 10.0. The van der Waals surface area contributed by atoms with Crippen molar-refractivity contribution < 1.29 is 14.7 Å². The van der Waals surface area contributed by atoms with E-state index < -0.39 is 0 Å². The number of nitrogens with one attached hydrogen (secondary N) is 1. The van der Waals surface area contributed by atoms with Gasteiger partial charge in [-0.05, 0) is 79.4 Å². The molecule has 0 saturated carbocycles. The quantitative estimate of drug-likeness (QED) is 0.291. The minimum Gasteiger partial charge on any atom is -0.393 e.